The van der Waals surface area contributed by atoms with Crippen molar-refractivity contribution >= 4 is 11.8 Å². The van der Waals surface area contributed by atoms with Gasteiger partial charge in [-0.2, -0.15) is 0 Å². The number of rotatable bonds is 0. The third-order valence-electron chi connectivity index (χ3n) is 1.97. The van der Waals surface area contributed by atoms with E-state index in [9.17, 15) is 0 Å². The van der Waals surface area contributed by atoms with Gasteiger partial charge in [-0.25, -0.2) is 0 Å². The van der Waals surface area contributed by atoms with E-state index in [1.807, 2.05) is 11.8 Å². The molecule has 2 heterocycles. The zero-order valence-electron chi connectivity index (χ0n) is 6.38. The van der Waals surface area contributed by atoms with Crippen LogP contribution in [0.15, 0.2) is 0 Å². The van der Waals surface area contributed by atoms with E-state index in [4.69, 9.17) is 14.2 Å². The molecule has 1 spiro atoms. The van der Waals surface area contributed by atoms with Gasteiger partial charge in [-0.1, -0.05) is 0 Å². The predicted molar refractivity (Wildman–Crippen MR) is 42.5 cm³/mol. The molecule has 0 unspecified atom stereocenters. The van der Waals surface area contributed by atoms with Crippen molar-refractivity contribution in [3.63, 3.8) is 0 Å². The molecule has 0 atom stereocenters. The van der Waals surface area contributed by atoms with Crippen LogP contribution in [-0.4, -0.2) is 38.3 Å². The molecule has 0 amide bonds. The topological polar surface area (TPSA) is 27.7 Å². The Hall–Kier alpha value is 0.230. The Morgan fingerprint density at radius 1 is 1.00 bits per heavy atom. The van der Waals surface area contributed by atoms with Crippen molar-refractivity contribution in [2.45, 2.75) is 0 Å². The van der Waals surface area contributed by atoms with Crippen LogP contribution in [0.1, 0.15) is 0 Å². The summed E-state index contributed by atoms with van der Waals surface area (Å²) in [5.74, 6) is 1.93. The van der Waals surface area contributed by atoms with Crippen LogP contribution in [0, 0.1) is 5.41 Å². The van der Waals surface area contributed by atoms with Crippen LogP contribution in [0.25, 0.3) is 0 Å². The largest absolute Gasteiger partial charge is 0.370 e. The maximum Gasteiger partial charge on any atom is 0.146 e. The minimum atomic E-state index is 0.154. The van der Waals surface area contributed by atoms with Crippen molar-refractivity contribution in [3.05, 3.63) is 0 Å². The Bertz CT molecular complexity index is 108. The smallest absolute Gasteiger partial charge is 0.146 e. The minimum absolute atomic E-state index is 0.154. The molecule has 2 aliphatic heterocycles. The Morgan fingerprint density at radius 3 is 2.36 bits per heavy atom. The third kappa shape index (κ3) is 1.69. The van der Waals surface area contributed by atoms with Gasteiger partial charge in [0.25, 0.3) is 0 Å². The van der Waals surface area contributed by atoms with Gasteiger partial charge < -0.3 is 14.2 Å². The van der Waals surface area contributed by atoms with Gasteiger partial charge in [0.2, 0.25) is 0 Å². The summed E-state index contributed by atoms with van der Waals surface area (Å²) >= 11 is 1.82. The molecular weight excluding hydrogens is 164 g/mol. The summed E-state index contributed by atoms with van der Waals surface area (Å²) < 4.78 is 15.9. The van der Waals surface area contributed by atoms with E-state index in [1.54, 1.807) is 0 Å². The molecule has 2 saturated heterocycles. The Balaban J connectivity index is 1.94. The molecule has 0 aliphatic carbocycles. The van der Waals surface area contributed by atoms with Crippen LogP contribution in [0.5, 0.6) is 0 Å². The molecule has 4 heteroatoms. The van der Waals surface area contributed by atoms with Crippen molar-refractivity contribution in [2.75, 3.05) is 38.3 Å². The van der Waals surface area contributed by atoms with E-state index in [1.165, 1.54) is 0 Å². The Morgan fingerprint density at radius 2 is 1.73 bits per heavy atom. The first kappa shape index (κ1) is 7.86. The summed E-state index contributed by atoms with van der Waals surface area (Å²) in [6, 6.07) is 0. The molecule has 3 nitrogen and oxygen atoms in total. The van der Waals surface area contributed by atoms with E-state index in [2.05, 4.69) is 0 Å². The van der Waals surface area contributed by atoms with Crippen molar-refractivity contribution in [2.24, 2.45) is 5.41 Å². The molecule has 0 N–H and O–H groups in total. The molecule has 0 aromatic rings. The van der Waals surface area contributed by atoms with Crippen LogP contribution in [0.2, 0.25) is 0 Å². The molecule has 2 aliphatic rings. The van der Waals surface area contributed by atoms with Crippen LogP contribution in [0.4, 0.5) is 0 Å². The van der Waals surface area contributed by atoms with E-state index in [0.717, 1.165) is 31.5 Å². The van der Waals surface area contributed by atoms with Crippen LogP contribution >= 0.6 is 11.8 Å². The zero-order chi connectivity index (χ0) is 7.57. The normalized spacial score (nSPS) is 30.5. The average Bonchev–Trinajstić information content (AvgIpc) is 2.07. The fraction of sp³-hybridized carbons (Fsp3) is 1.00. The van der Waals surface area contributed by atoms with Gasteiger partial charge in [0.1, 0.15) is 6.79 Å². The lowest BCUT2D eigenvalue weighted by Gasteiger charge is -2.38. The molecule has 0 saturated carbocycles. The van der Waals surface area contributed by atoms with Gasteiger partial charge in [-0.05, 0) is 0 Å². The first-order valence-electron chi connectivity index (χ1n) is 3.72. The molecule has 0 aromatic carbocycles. The van der Waals surface area contributed by atoms with Crippen molar-refractivity contribution in [3.8, 4) is 0 Å². The molecule has 2 fully saturated rings. The van der Waals surface area contributed by atoms with Gasteiger partial charge in [0, 0.05) is 11.2 Å². The van der Waals surface area contributed by atoms with E-state index in [-0.39, 0.29) is 5.41 Å². The van der Waals surface area contributed by atoms with Crippen LogP contribution in [0.3, 0.4) is 0 Å². The molecule has 0 radical (unpaired) electrons. The second-order valence-corrected chi connectivity index (χ2v) is 4.06. The van der Waals surface area contributed by atoms with Crippen molar-refractivity contribution in [1.29, 1.82) is 0 Å². The third-order valence-corrected chi connectivity index (χ3v) is 3.12. The predicted octanol–water partition coefficient (Wildman–Crippen LogP) is 0.698. The fourth-order valence-corrected chi connectivity index (χ4v) is 2.37. The highest BCUT2D eigenvalue weighted by Gasteiger charge is 2.36. The molecule has 11 heavy (non-hydrogen) atoms. The highest BCUT2D eigenvalue weighted by atomic mass is 32.2. The molecule has 0 aromatic heterocycles. The fourth-order valence-electron chi connectivity index (χ4n) is 1.40. The first-order valence-corrected chi connectivity index (χ1v) is 4.88. The lowest BCUT2D eigenvalue weighted by molar-refractivity contribution is -0.173. The monoisotopic (exact) mass is 176 g/mol. The summed E-state index contributed by atoms with van der Waals surface area (Å²) in [7, 11) is 0. The summed E-state index contributed by atoms with van der Waals surface area (Å²) in [6.07, 6.45) is 0. The van der Waals surface area contributed by atoms with Gasteiger partial charge in [0.15, 0.2) is 0 Å². The summed E-state index contributed by atoms with van der Waals surface area (Å²) in [4.78, 5) is 0. The van der Waals surface area contributed by atoms with Crippen molar-refractivity contribution in [1.82, 2.24) is 0 Å². The SMILES string of the molecule is C1OCC2(CO1)COCSC2. The van der Waals surface area contributed by atoms with E-state index < -0.39 is 0 Å². The second kappa shape index (κ2) is 3.31. The van der Waals surface area contributed by atoms with Crippen LogP contribution < -0.4 is 0 Å². The van der Waals surface area contributed by atoms with Crippen molar-refractivity contribution < 1.29 is 14.2 Å². The summed E-state index contributed by atoms with van der Waals surface area (Å²) in [5.41, 5.74) is 0.154. The van der Waals surface area contributed by atoms with Gasteiger partial charge >= 0.3 is 0 Å². The van der Waals surface area contributed by atoms with Crippen LogP contribution in [-0.2, 0) is 14.2 Å². The van der Waals surface area contributed by atoms with E-state index >= 15 is 0 Å². The maximum atomic E-state index is 5.37. The van der Waals surface area contributed by atoms with Gasteiger partial charge in [0.05, 0.1) is 25.8 Å². The lowest BCUT2D eigenvalue weighted by atomic mass is 9.93. The zero-order valence-corrected chi connectivity index (χ0v) is 7.19. The standard InChI is InChI=1S/C7H12O3S/c1-7(2-9-5-8-1)3-10-6-11-4-7/h1-6H2. The van der Waals surface area contributed by atoms with Gasteiger partial charge in [-0.15, -0.1) is 11.8 Å². The Kier molecular flexibility index (Phi) is 2.36. The van der Waals surface area contributed by atoms with E-state index in [0.29, 0.717) is 6.79 Å². The molecule has 2 rings (SSSR count). The number of hydrogen-bond donors (Lipinski definition) is 0. The quantitative estimate of drug-likeness (QED) is 0.543. The number of ether oxygens (including phenoxy) is 3. The highest BCUT2D eigenvalue weighted by Crippen LogP contribution is 2.31. The minimum Gasteiger partial charge on any atom is -0.370 e. The maximum absolute atomic E-state index is 5.37. The first-order chi connectivity index (χ1) is 5.41. The second-order valence-electron chi connectivity index (χ2n) is 3.13. The summed E-state index contributed by atoms with van der Waals surface area (Å²) in [6.45, 7) is 2.83. The summed E-state index contributed by atoms with van der Waals surface area (Å²) in [5, 5.41) is 0. The van der Waals surface area contributed by atoms with Gasteiger partial charge in [-0.3, -0.25) is 0 Å². The number of thioether (sulfide) groups is 1. The number of hydrogen-bond acceptors (Lipinski definition) is 4. The average molecular weight is 176 g/mol. The lowest BCUT2D eigenvalue weighted by Crippen LogP contribution is -2.45. The molecular formula is C7H12O3S. The molecule has 0 bridgehead atoms. The molecule has 64 valence electrons. The Labute approximate surface area is 70.4 Å². The highest BCUT2D eigenvalue weighted by molar-refractivity contribution is 7.99.